The van der Waals surface area contributed by atoms with Gasteiger partial charge in [-0.2, -0.15) is 0 Å². The fraction of sp³-hybridized carbons (Fsp3) is 0.647. The molecule has 1 aromatic rings. The van der Waals surface area contributed by atoms with Crippen molar-refractivity contribution in [2.75, 3.05) is 11.9 Å². The van der Waals surface area contributed by atoms with Crippen molar-refractivity contribution < 1.29 is 5.11 Å². The van der Waals surface area contributed by atoms with E-state index in [0.29, 0.717) is 10.4 Å². The first-order chi connectivity index (χ1) is 9.36. The van der Waals surface area contributed by atoms with Crippen LogP contribution in [0.15, 0.2) is 18.2 Å². The number of benzene rings is 1. The molecule has 1 fully saturated rings. The number of hydrogen-bond donors (Lipinski definition) is 2. The van der Waals surface area contributed by atoms with Gasteiger partial charge in [0.1, 0.15) is 5.75 Å². The van der Waals surface area contributed by atoms with Crippen LogP contribution in [-0.2, 0) is 0 Å². The smallest absolute Gasteiger partial charge is 0.134 e. The fourth-order valence-electron chi connectivity index (χ4n) is 3.11. The van der Waals surface area contributed by atoms with Crippen molar-refractivity contribution >= 4 is 17.3 Å². The molecule has 0 heterocycles. The maximum atomic E-state index is 9.41. The second-order valence-electron chi connectivity index (χ2n) is 7.13. The van der Waals surface area contributed by atoms with E-state index >= 15 is 0 Å². The van der Waals surface area contributed by atoms with E-state index in [4.69, 9.17) is 11.6 Å². The topological polar surface area (TPSA) is 32.3 Å². The predicted octanol–water partition coefficient (Wildman–Crippen LogP) is 5.31. The van der Waals surface area contributed by atoms with Crippen molar-refractivity contribution in [1.82, 2.24) is 0 Å². The van der Waals surface area contributed by atoms with Gasteiger partial charge in [-0.25, -0.2) is 0 Å². The van der Waals surface area contributed by atoms with Gasteiger partial charge in [0.25, 0.3) is 0 Å². The molecule has 0 spiro atoms. The fourth-order valence-corrected chi connectivity index (χ4v) is 3.29. The number of halogens is 1. The number of aromatic hydroxyl groups is 1. The van der Waals surface area contributed by atoms with Crippen LogP contribution in [0.25, 0.3) is 0 Å². The minimum absolute atomic E-state index is 0.142. The molecule has 112 valence electrons. The quantitative estimate of drug-likeness (QED) is 0.741. The Morgan fingerprint density at radius 2 is 1.85 bits per heavy atom. The van der Waals surface area contributed by atoms with E-state index in [2.05, 4.69) is 26.1 Å². The Hall–Kier alpha value is -0.890. The first kappa shape index (κ1) is 15.5. The summed E-state index contributed by atoms with van der Waals surface area (Å²) in [5.41, 5.74) is 1.44. The van der Waals surface area contributed by atoms with E-state index in [0.717, 1.165) is 24.1 Å². The first-order valence-corrected chi connectivity index (χ1v) is 7.96. The highest BCUT2D eigenvalue weighted by molar-refractivity contribution is 6.32. The molecule has 0 aliphatic heterocycles. The maximum Gasteiger partial charge on any atom is 0.134 e. The molecule has 0 saturated heterocycles. The van der Waals surface area contributed by atoms with Crippen molar-refractivity contribution in [3.05, 3.63) is 23.2 Å². The summed E-state index contributed by atoms with van der Waals surface area (Å²) in [5, 5.41) is 13.3. The Labute approximate surface area is 127 Å². The lowest BCUT2D eigenvalue weighted by molar-refractivity contribution is 0.153. The van der Waals surface area contributed by atoms with Crippen molar-refractivity contribution in [2.24, 2.45) is 17.3 Å². The summed E-state index contributed by atoms with van der Waals surface area (Å²) in [6.07, 6.45) is 5.29. The lowest BCUT2D eigenvalue weighted by atomic mass is 9.70. The zero-order valence-electron chi connectivity index (χ0n) is 12.7. The SMILES string of the molecule is CC(C)(C)C1CCC(CNc2ccc(O)c(Cl)c2)CC1. The van der Waals surface area contributed by atoms with Gasteiger partial charge in [0.2, 0.25) is 0 Å². The van der Waals surface area contributed by atoms with Crippen LogP contribution in [0.5, 0.6) is 5.75 Å². The van der Waals surface area contributed by atoms with E-state index in [9.17, 15) is 5.11 Å². The minimum Gasteiger partial charge on any atom is -0.506 e. The van der Waals surface area contributed by atoms with Gasteiger partial charge < -0.3 is 10.4 Å². The summed E-state index contributed by atoms with van der Waals surface area (Å²) < 4.78 is 0. The van der Waals surface area contributed by atoms with E-state index < -0.39 is 0 Å². The van der Waals surface area contributed by atoms with Gasteiger partial charge in [-0.05, 0) is 61.1 Å². The van der Waals surface area contributed by atoms with Gasteiger partial charge in [-0.3, -0.25) is 0 Å². The molecule has 0 bridgehead atoms. The van der Waals surface area contributed by atoms with Crippen molar-refractivity contribution in [1.29, 1.82) is 0 Å². The van der Waals surface area contributed by atoms with E-state index in [-0.39, 0.29) is 5.75 Å². The standard InChI is InChI=1S/C17H26ClNO/c1-17(2,3)13-6-4-12(5-7-13)11-19-14-8-9-16(20)15(18)10-14/h8-10,12-13,19-20H,4-7,11H2,1-3H3. The summed E-state index contributed by atoms with van der Waals surface area (Å²) in [5.74, 6) is 1.76. The van der Waals surface area contributed by atoms with Crippen molar-refractivity contribution in [2.45, 2.75) is 46.5 Å². The number of anilines is 1. The van der Waals surface area contributed by atoms with Gasteiger partial charge in [0, 0.05) is 12.2 Å². The van der Waals surface area contributed by atoms with Gasteiger partial charge in [-0.15, -0.1) is 0 Å². The predicted molar refractivity (Wildman–Crippen MR) is 86.5 cm³/mol. The largest absolute Gasteiger partial charge is 0.506 e. The molecule has 0 aromatic heterocycles. The van der Waals surface area contributed by atoms with Crippen LogP contribution in [0, 0.1) is 17.3 Å². The van der Waals surface area contributed by atoms with Crippen LogP contribution in [0.3, 0.4) is 0 Å². The molecule has 1 aliphatic rings. The van der Waals surface area contributed by atoms with Gasteiger partial charge in [0.15, 0.2) is 0 Å². The molecule has 0 amide bonds. The molecule has 1 saturated carbocycles. The van der Waals surface area contributed by atoms with Crippen LogP contribution < -0.4 is 5.32 Å². The molecule has 2 rings (SSSR count). The second-order valence-corrected chi connectivity index (χ2v) is 7.54. The summed E-state index contributed by atoms with van der Waals surface area (Å²) in [4.78, 5) is 0. The average Bonchev–Trinajstić information content (AvgIpc) is 2.40. The zero-order valence-corrected chi connectivity index (χ0v) is 13.5. The third kappa shape index (κ3) is 4.05. The number of phenolic OH excluding ortho intramolecular Hbond substituents is 1. The van der Waals surface area contributed by atoms with Crippen LogP contribution in [0.1, 0.15) is 46.5 Å². The van der Waals surface area contributed by atoms with E-state index in [1.165, 1.54) is 25.7 Å². The monoisotopic (exact) mass is 295 g/mol. The third-order valence-corrected chi connectivity index (χ3v) is 4.92. The molecule has 2 nitrogen and oxygen atoms in total. The molecular weight excluding hydrogens is 270 g/mol. The first-order valence-electron chi connectivity index (χ1n) is 7.58. The lowest BCUT2D eigenvalue weighted by Crippen LogP contribution is -2.28. The molecule has 2 N–H and O–H groups in total. The number of rotatable bonds is 3. The molecule has 1 aromatic carbocycles. The highest BCUT2D eigenvalue weighted by Crippen LogP contribution is 2.39. The van der Waals surface area contributed by atoms with Crippen molar-refractivity contribution in [3.63, 3.8) is 0 Å². The third-order valence-electron chi connectivity index (χ3n) is 4.61. The lowest BCUT2D eigenvalue weighted by Gasteiger charge is -2.37. The molecule has 0 radical (unpaired) electrons. The van der Waals surface area contributed by atoms with E-state index in [1.54, 1.807) is 12.1 Å². The van der Waals surface area contributed by atoms with Crippen LogP contribution in [0.4, 0.5) is 5.69 Å². The molecule has 0 unspecified atom stereocenters. The minimum atomic E-state index is 0.142. The number of nitrogens with one attached hydrogen (secondary N) is 1. The normalized spacial score (nSPS) is 23.6. The van der Waals surface area contributed by atoms with Crippen LogP contribution >= 0.6 is 11.6 Å². The summed E-state index contributed by atoms with van der Waals surface area (Å²) in [7, 11) is 0. The number of phenols is 1. The Balaban J connectivity index is 1.80. The Bertz CT molecular complexity index is 445. The van der Waals surface area contributed by atoms with Crippen molar-refractivity contribution in [3.8, 4) is 5.75 Å². The summed E-state index contributed by atoms with van der Waals surface area (Å²) in [6.45, 7) is 8.07. The van der Waals surface area contributed by atoms with Crippen LogP contribution in [-0.4, -0.2) is 11.7 Å². The Morgan fingerprint density at radius 3 is 2.40 bits per heavy atom. The molecule has 0 atom stereocenters. The average molecular weight is 296 g/mol. The van der Waals surface area contributed by atoms with Gasteiger partial charge >= 0.3 is 0 Å². The number of hydrogen-bond acceptors (Lipinski definition) is 2. The molecule has 1 aliphatic carbocycles. The molecule has 3 heteroatoms. The molecular formula is C17H26ClNO. The highest BCUT2D eigenvalue weighted by atomic mass is 35.5. The Kier molecular flexibility index (Phi) is 4.85. The highest BCUT2D eigenvalue weighted by Gasteiger charge is 2.29. The maximum absolute atomic E-state index is 9.41. The zero-order chi connectivity index (χ0) is 14.8. The molecule has 20 heavy (non-hydrogen) atoms. The van der Waals surface area contributed by atoms with Gasteiger partial charge in [-0.1, -0.05) is 32.4 Å². The summed E-state index contributed by atoms with van der Waals surface area (Å²) >= 11 is 5.91. The Morgan fingerprint density at radius 1 is 1.20 bits per heavy atom. The van der Waals surface area contributed by atoms with Crippen LogP contribution in [0.2, 0.25) is 5.02 Å². The summed E-state index contributed by atoms with van der Waals surface area (Å²) in [6, 6.07) is 5.31. The van der Waals surface area contributed by atoms with Gasteiger partial charge in [0.05, 0.1) is 5.02 Å². The van der Waals surface area contributed by atoms with E-state index in [1.807, 2.05) is 6.07 Å². The second kappa shape index (κ2) is 6.26.